The van der Waals surface area contributed by atoms with Crippen molar-refractivity contribution >= 4 is 11.6 Å². The van der Waals surface area contributed by atoms with Crippen LogP contribution in [0.15, 0.2) is 54.6 Å². The van der Waals surface area contributed by atoms with Gasteiger partial charge in [0.05, 0.1) is 17.1 Å². The monoisotopic (exact) mass is 305 g/mol. The first-order chi connectivity index (χ1) is 11.1. The number of rotatable bonds is 3. The predicted octanol–water partition coefficient (Wildman–Crippen LogP) is 4.05. The van der Waals surface area contributed by atoms with Crippen molar-refractivity contribution in [1.29, 1.82) is 0 Å². The van der Waals surface area contributed by atoms with Crippen molar-refractivity contribution in [2.45, 2.75) is 20.8 Å². The molecule has 0 bridgehead atoms. The van der Waals surface area contributed by atoms with Gasteiger partial charge in [0.1, 0.15) is 0 Å². The van der Waals surface area contributed by atoms with Gasteiger partial charge in [-0.1, -0.05) is 30.3 Å². The minimum atomic E-state index is -0.114. The molecule has 1 aromatic heterocycles. The molecule has 0 aliphatic heterocycles. The van der Waals surface area contributed by atoms with E-state index in [4.69, 9.17) is 0 Å². The molecule has 0 aliphatic carbocycles. The van der Waals surface area contributed by atoms with E-state index in [2.05, 4.69) is 10.4 Å². The zero-order valence-corrected chi connectivity index (χ0v) is 13.5. The molecule has 0 aliphatic rings. The van der Waals surface area contributed by atoms with Gasteiger partial charge in [0.15, 0.2) is 0 Å². The Morgan fingerprint density at radius 3 is 2.39 bits per heavy atom. The number of hydrogen-bond acceptors (Lipinski definition) is 2. The number of benzene rings is 2. The van der Waals surface area contributed by atoms with Crippen molar-refractivity contribution in [1.82, 2.24) is 9.78 Å². The first kappa shape index (κ1) is 15.0. The summed E-state index contributed by atoms with van der Waals surface area (Å²) in [6.07, 6.45) is 0. The molecule has 1 heterocycles. The van der Waals surface area contributed by atoms with Gasteiger partial charge in [-0.15, -0.1) is 0 Å². The third-order valence-corrected chi connectivity index (χ3v) is 3.78. The van der Waals surface area contributed by atoms with Crippen LogP contribution < -0.4 is 5.32 Å². The topological polar surface area (TPSA) is 46.9 Å². The van der Waals surface area contributed by atoms with Gasteiger partial charge in [-0.25, -0.2) is 4.68 Å². The van der Waals surface area contributed by atoms with Crippen molar-refractivity contribution in [3.8, 4) is 5.69 Å². The zero-order valence-electron chi connectivity index (χ0n) is 13.5. The van der Waals surface area contributed by atoms with Crippen LogP contribution in [0.2, 0.25) is 0 Å². The molecule has 1 amide bonds. The number of carbonyl (C=O) groups excluding carboxylic acids is 1. The number of amides is 1. The van der Waals surface area contributed by atoms with Crippen LogP contribution in [0.5, 0.6) is 0 Å². The van der Waals surface area contributed by atoms with Crippen LogP contribution in [-0.4, -0.2) is 15.7 Å². The minimum absolute atomic E-state index is 0.114. The molecule has 0 saturated carbocycles. The number of anilines is 1. The highest BCUT2D eigenvalue weighted by molar-refractivity contribution is 6.06. The van der Waals surface area contributed by atoms with Gasteiger partial charge in [0.2, 0.25) is 0 Å². The molecule has 0 atom stereocenters. The quantitative estimate of drug-likeness (QED) is 0.793. The van der Waals surface area contributed by atoms with Crippen LogP contribution in [0.4, 0.5) is 5.69 Å². The lowest BCUT2D eigenvalue weighted by molar-refractivity contribution is 0.102. The molecule has 23 heavy (non-hydrogen) atoms. The Balaban J connectivity index is 1.97. The Hall–Kier alpha value is -2.88. The molecule has 4 heteroatoms. The number of carbonyl (C=O) groups is 1. The number of para-hydroxylation sites is 2. The van der Waals surface area contributed by atoms with Gasteiger partial charge in [0.25, 0.3) is 5.91 Å². The SMILES string of the molecule is Cc1cc(C)n(-c2ccccc2NC(=O)c2ccccc2C)n1. The lowest BCUT2D eigenvalue weighted by Crippen LogP contribution is -2.15. The molecular formula is C19H19N3O. The van der Waals surface area contributed by atoms with Crippen LogP contribution >= 0.6 is 0 Å². The first-order valence-electron chi connectivity index (χ1n) is 7.56. The summed E-state index contributed by atoms with van der Waals surface area (Å²) in [6, 6.07) is 17.3. The van der Waals surface area contributed by atoms with Crippen LogP contribution in [0.1, 0.15) is 27.3 Å². The van der Waals surface area contributed by atoms with Crippen LogP contribution in [-0.2, 0) is 0 Å². The van der Waals surface area contributed by atoms with E-state index in [1.165, 1.54) is 0 Å². The number of aromatic nitrogens is 2. The zero-order chi connectivity index (χ0) is 16.4. The van der Waals surface area contributed by atoms with Gasteiger partial charge in [0, 0.05) is 11.3 Å². The molecule has 3 aromatic rings. The second-order valence-electron chi connectivity index (χ2n) is 5.63. The summed E-state index contributed by atoms with van der Waals surface area (Å²) >= 11 is 0. The summed E-state index contributed by atoms with van der Waals surface area (Å²) in [6.45, 7) is 5.89. The lowest BCUT2D eigenvalue weighted by atomic mass is 10.1. The molecule has 2 aromatic carbocycles. The van der Waals surface area contributed by atoms with Crippen molar-refractivity contribution in [3.63, 3.8) is 0 Å². The maximum absolute atomic E-state index is 12.6. The molecule has 0 spiro atoms. The van der Waals surface area contributed by atoms with E-state index in [1.807, 2.05) is 80.1 Å². The standard InChI is InChI=1S/C19H19N3O/c1-13-8-4-5-9-16(13)19(23)20-17-10-6-7-11-18(17)22-15(3)12-14(2)21-22/h4-12H,1-3H3,(H,20,23). The van der Waals surface area contributed by atoms with E-state index in [0.717, 1.165) is 28.3 Å². The Morgan fingerprint density at radius 2 is 1.70 bits per heavy atom. The fraction of sp³-hybridized carbons (Fsp3) is 0.158. The average Bonchev–Trinajstić information content (AvgIpc) is 2.86. The molecular weight excluding hydrogens is 286 g/mol. The summed E-state index contributed by atoms with van der Waals surface area (Å²) < 4.78 is 1.85. The summed E-state index contributed by atoms with van der Waals surface area (Å²) in [5.41, 5.74) is 5.21. The smallest absolute Gasteiger partial charge is 0.255 e. The number of hydrogen-bond donors (Lipinski definition) is 1. The van der Waals surface area contributed by atoms with E-state index in [-0.39, 0.29) is 5.91 Å². The lowest BCUT2D eigenvalue weighted by Gasteiger charge is -2.13. The van der Waals surface area contributed by atoms with E-state index in [0.29, 0.717) is 5.56 Å². The molecule has 4 nitrogen and oxygen atoms in total. The largest absolute Gasteiger partial charge is 0.320 e. The maximum atomic E-state index is 12.6. The van der Waals surface area contributed by atoms with Crippen LogP contribution in [0, 0.1) is 20.8 Å². The third-order valence-electron chi connectivity index (χ3n) is 3.78. The Bertz CT molecular complexity index is 865. The van der Waals surface area contributed by atoms with Gasteiger partial charge in [-0.05, 0) is 50.6 Å². The Morgan fingerprint density at radius 1 is 1.00 bits per heavy atom. The minimum Gasteiger partial charge on any atom is -0.320 e. The molecule has 1 N–H and O–H groups in total. The number of nitrogens with zero attached hydrogens (tertiary/aromatic N) is 2. The summed E-state index contributed by atoms with van der Waals surface area (Å²) in [7, 11) is 0. The van der Waals surface area contributed by atoms with Gasteiger partial charge in [-0.3, -0.25) is 4.79 Å². The fourth-order valence-corrected chi connectivity index (χ4v) is 2.65. The van der Waals surface area contributed by atoms with Gasteiger partial charge >= 0.3 is 0 Å². The maximum Gasteiger partial charge on any atom is 0.255 e. The Kier molecular flexibility index (Phi) is 3.98. The van der Waals surface area contributed by atoms with Crippen LogP contribution in [0.25, 0.3) is 5.69 Å². The predicted molar refractivity (Wildman–Crippen MR) is 92.2 cm³/mol. The van der Waals surface area contributed by atoms with E-state index in [9.17, 15) is 4.79 Å². The van der Waals surface area contributed by atoms with E-state index < -0.39 is 0 Å². The van der Waals surface area contributed by atoms with E-state index in [1.54, 1.807) is 0 Å². The summed E-state index contributed by atoms with van der Waals surface area (Å²) in [5.74, 6) is -0.114. The van der Waals surface area contributed by atoms with Crippen LogP contribution in [0.3, 0.4) is 0 Å². The molecule has 0 radical (unpaired) electrons. The van der Waals surface area contributed by atoms with Gasteiger partial charge in [-0.2, -0.15) is 5.10 Å². The second kappa shape index (κ2) is 6.08. The highest BCUT2D eigenvalue weighted by Crippen LogP contribution is 2.22. The normalized spacial score (nSPS) is 10.6. The third kappa shape index (κ3) is 3.01. The van der Waals surface area contributed by atoms with Crippen molar-refractivity contribution in [2.75, 3.05) is 5.32 Å². The number of aryl methyl sites for hydroxylation is 3. The molecule has 0 fully saturated rings. The highest BCUT2D eigenvalue weighted by atomic mass is 16.1. The second-order valence-corrected chi connectivity index (χ2v) is 5.63. The van der Waals surface area contributed by atoms with Crippen molar-refractivity contribution in [2.24, 2.45) is 0 Å². The van der Waals surface area contributed by atoms with Crippen molar-refractivity contribution < 1.29 is 4.79 Å². The molecule has 0 unspecified atom stereocenters. The highest BCUT2D eigenvalue weighted by Gasteiger charge is 2.13. The van der Waals surface area contributed by atoms with Crippen molar-refractivity contribution in [3.05, 3.63) is 77.1 Å². The molecule has 116 valence electrons. The fourth-order valence-electron chi connectivity index (χ4n) is 2.65. The van der Waals surface area contributed by atoms with Gasteiger partial charge < -0.3 is 5.32 Å². The first-order valence-corrected chi connectivity index (χ1v) is 7.56. The summed E-state index contributed by atoms with van der Waals surface area (Å²) in [4.78, 5) is 12.6. The van der Waals surface area contributed by atoms with E-state index >= 15 is 0 Å². The Labute approximate surface area is 135 Å². The summed E-state index contributed by atoms with van der Waals surface area (Å²) in [5, 5.41) is 7.51. The molecule has 3 rings (SSSR count). The molecule has 0 saturated heterocycles. The number of nitrogens with one attached hydrogen (secondary N) is 1. The average molecular weight is 305 g/mol.